The van der Waals surface area contributed by atoms with E-state index in [0.29, 0.717) is 0 Å². The summed E-state index contributed by atoms with van der Waals surface area (Å²) in [5.41, 5.74) is 7.32. The number of benzene rings is 1. The predicted octanol–water partition coefficient (Wildman–Crippen LogP) is 2.04. The first-order valence-electron chi connectivity index (χ1n) is 5.83. The molecule has 0 heterocycles. The summed E-state index contributed by atoms with van der Waals surface area (Å²) in [5.74, 6) is 0.874. The van der Waals surface area contributed by atoms with Crippen molar-refractivity contribution in [1.29, 1.82) is 0 Å². The quantitative estimate of drug-likeness (QED) is 0.800. The Kier molecular flexibility index (Phi) is 5.29. The summed E-state index contributed by atoms with van der Waals surface area (Å²) in [6.45, 7) is 7.30. The molecule has 0 aliphatic heterocycles. The highest BCUT2D eigenvalue weighted by molar-refractivity contribution is 5.29. The van der Waals surface area contributed by atoms with Gasteiger partial charge in [0.15, 0.2) is 0 Å². The molecule has 0 saturated carbocycles. The third-order valence-corrected chi connectivity index (χ3v) is 2.89. The Hall–Kier alpha value is -1.06. The molecule has 16 heavy (non-hydrogen) atoms. The molecular formula is C13H22N2O. The zero-order chi connectivity index (χ0) is 12.0. The summed E-state index contributed by atoms with van der Waals surface area (Å²) >= 11 is 0. The number of ether oxygens (including phenoxy) is 1. The maximum Gasteiger partial charge on any atom is 0.118 e. The second-order valence-electron chi connectivity index (χ2n) is 3.87. The van der Waals surface area contributed by atoms with Crippen molar-refractivity contribution in [2.75, 3.05) is 26.7 Å². The first-order valence-corrected chi connectivity index (χ1v) is 5.83. The molecule has 1 aromatic rings. The zero-order valence-corrected chi connectivity index (χ0v) is 10.4. The average molecular weight is 222 g/mol. The van der Waals surface area contributed by atoms with Crippen molar-refractivity contribution < 1.29 is 4.74 Å². The van der Waals surface area contributed by atoms with Crippen LogP contribution in [0, 0.1) is 0 Å². The van der Waals surface area contributed by atoms with E-state index in [9.17, 15) is 0 Å². The van der Waals surface area contributed by atoms with Gasteiger partial charge in [0.25, 0.3) is 0 Å². The molecular weight excluding hydrogens is 200 g/mol. The van der Waals surface area contributed by atoms with Crippen molar-refractivity contribution >= 4 is 0 Å². The van der Waals surface area contributed by atoms with Crippen LogP contribution in [0.1, 0.15) is 25.5 Å². The second kappa shape index (κ2) is 6.51. The Morgan fingerprint density at radius 1 is 1.19 bits per heavy atom. The lowest BCUT2D eigenvalue weighted by Crippen LogP contribution is -2.31. The number of hydrogen-bond donors (Lipinski definition) is 1. The molecule has 90 valence electrons. The third-order valence-electron chi connectivity index (χ3n) is 2.89. The summed E-state index contributed by atoms with van der Waals surface area (Å²) in [5, 5.41) is 0. The van der Waals surface area contributed by atoms with Crippen molar-refractivity contribution in [3.63, 3.8) is 0 Å². The van der Waals surface area contributed by atoms with Crippen molar-refractivity contribution in [2.45, 2.75) is 19.9 Å². The van der Waals surface area contributed by atoms with Gasteiger partial charge in [-0.2, -0.15) is 0 Å². The van der Waals surface area contributed by atoms with E-state index in [0.717, 1.165) is 30.9 Å². The molecule has 0 radical (unpaired) electrons. The van der Waals surface area contributed by atoms with Gasteiger partial charge in [0.2, 0.25) is 0 Å². The summed E-state index contributed by atoms with van der Waals surface area (Å²) < 4.78 is 5.12. The van der Waals surface area contributed by atoms with E-state index < -0.39 is 0 Å². The molecule has 3 nitrogen and oxygen atoms in total. The number of rotatable bonds is 6. The van der Waals surface area contributed by atoms with E-state index in [2.05, 4.69) is 18.7 Å². The molecule has 1 rings (SSSR count). The van der Waals surface area contributed by atoms with Gasteiger partial charge in [-0.25, -0.2) is 0 Å². The molecule has 0 amide bonds. The minimum Gasteiger partial charge on any atom is -0.497 e. The molecule has 1 unspecified atom stereocenters. The standard InChI is InChI=1S/C13H22N2O/c1-4-15(5-2)10-13(14)11-6-8-12(16-3)9-7-11/h6-9,13H,4-5,10,14H2,1-3H3. The SMILES string of the molecule is CCN(CC)CC(N)c1ccc(OC)cc1. The maximum absolute atomic E-state index is 6.16. The summed E-state index contributed by atoms with van der Waals surface area (Å²) in [4.78, 5) is 2.33. The van der Waals surface area contributed by atoms with E-state index >= 15 is 0 Å². The predicted molar refractivity (Wildman–Crippen MR) is 67.7 cm³/mol. The van der Waals surface area contributed by atoms with E-state index in [1.807, 2.05) is 24.3 Å². The van der Waals surface area contributed by atoms with Gasteiger partial charge < -0.3 is 15.4 Å². The van der Waals surface area contributed by atoms with Crippen molar-refractivity contribution in [3.05, 3.63) is 29.8 Å². The molecule has 0 aliphatic carbocycles. The number of nitrogens with zero attached hydrogens (tertiary/aromatic N) is 1. The first kappa shape index (κ1) is 13.0. The number of hydrogen-bond acceptors (Lipinski definition) is 3. The summed E-state index contributed by atoms with van der Waals surface area (Å²) in [6.07, 6.45) is 0. The van der Waals surface area contributed by atoms with E-state index in [-0.39, 0.29) is 6.04 Å². The van der Waals surface area contributed by atoms with Crippen LogP contribution in [0.4, 0.5) is 0 Å². The van der Waals surface area contributed by atoms with E-state index in [1.165, 1.54) is 0 Å². The Morgan fingerprint density at radius 3 is 2.19 bits per heavy atom. The van der Waals surface area contributed by atoms with Gasteiger partial charge in [0, 0.05) is 12.6 Å². The molecule has 0 aliphatic rings. The van der Waals surface area contributed by atoms with Crippen LogP contribution in [0.5, 0.6) is 5.75 Å². The number of nitrogens with two attached hydrogens (primary N) is 1. The largest absolute Gasteiger partial charge is 0.497 e. The average Bonchev–Trinajstić information content (AvgIpc) is 2.35. The minimum absolute atomic E-state index is 0.0748. The van der Waals surface area contributed by atoms with Gasteiger partial charge in [-0.15, -0.1) is 0 Å². The molecule has 0 aromatic heterocycles. The molecule has 2 N–H and O–H groups in total. The van der Waals surface area contributed by atoms with Crippen LogP contribution >= 0.6 is 0 Å². The van der Waals surface area contributed by atoms with Gasteiger partial charge in [-0.1, -0.05) is 26.0 Å². The molecule has 0 spiro atoms. The molecule has 3 heteroatoms. The van der Waals surface area contributed by atoms with Gasteiger partial charge in [0.05, 0.1) is 7.11 Å². The second-order valence-corrected chi connectivity index (χ2v) is 3.87. The molecule has 1 aromatic carbocycles. The first-order chi connectivity index (χ1) is 7.71. The lowest BCUT2D eigenvalue weighted by molar-refractivity contribution is 0.284. The minimum atomic E-state index is 0.0748. The third kappa shape index (κ3) is 3.51. The lowest BCUT2D eigenvalue weighted by Gasteiger charge is -2.22. The Balaban J connectivity index is 2.61. The van der Waals surface area contributed by atoms with E-state index in [1.54, 1.807) is 7.11 Å². The van der Waals surface area contributed by atoms with Gasteiger partial charge in [0.1, 0.15) is 5.75 Å². The fourth-order valence-corrected chi connectivity index (χ4v) is 1.72. The highest BCUT2D eigenvalue weighted by Crippen LogP contribution is 2.16. The monoisotopic (exact) mass is 222 g/mol. The van der Waals surface area contributed by atoms with Crippen LogP contribution in [0.15, 0.2) is 24.3 Å². The normalized spacial score (nSPS) is 12.8. The van der Waals surface area contributed by atoms with Crippen LogP contribution in [0.2, 0.25) is 0 Å². The Bertz CT molecular complexity index is 293. The zero-order valence-electron chi connectivity index (χ0n) is 10.4. The maximum atomic E-state index is 6.16. The van der Waals surface area contributed by atoms with Crippen LogP contribution in [0.25, 0.3) is 0 Å². The highest BCUT2D eigenvalue weighted by atomic mass is 16.5. The smallest absolute Gasteiger partial charge is 0.118 e. The van der Waals surface area contributed by atoms with Crippen molar-refractivity contribution in [2.24, 2.45) is 5.73 Å². The molecule has 1 atom stereocenters. The van der Waals surface area contributed by atoms with Gasteiger partial charge in [-0.05, 0) is 30.8 Å². The fraction of sp³-hybridized carbons (Fsp3) is 0.538. The summed E-state index contributed by atoms with van der Waals surface area (Å²) in [7, 11) is 1.67. The molecule has 0 fully saturated rings. The van der Waals surface area contributed by atoms with Gasteiger partial charge in [-0.3, -0.25) is 0 Å². The van der Waals surface area contributed by atoms with Crippen LogP contribution in [-0.4, -0.2) is 31.6 Å². The van der Waals surface area contributed by atoms with Crippen molar-refractivity contribution in [1.82, 2.24) is 4.90 Å². The van der Waals surface area contributed by atoms with Crippen LogP contribution in [0.3, 0.4) is 0 Å². The number of methoxy groups -OCH3 is 1. The Labute approximate surface area is 98.2 Å². The fourth-order valence-electron chi connectivity index (χ4n) is 1.72. The summed E-state index contributed by atoms with van der Waals surface area (Å²) in [6, 6.07) is 8.06. The highest BCUT2D eigenvalue weighted by Gasteiger charge is 2.09. The van der Waals surface area contributed by atoms with Crippen molar-refractivity contribution in [3.8, 4) is 5.75 Å². The molecule has 0 bridgehead atoms. The van der Waals surface area contributed by atoms with Crippen LogP contribution < -0.4 is 10.5 Å². The Morgan fingerprint density at radius 2 is 1.75 bits per heavy atom. The number of likely N-dealkylation sites (N-methyl/N-ethyl adjacent to an activating group) is 1. The van der Waals surface area contributed by atoms with Crippen LogP contribution in [-0.2, 0) is 0 Å². The lowest BCUT2D eigenvalue weighted by atomic mass is 10.1. The molecule has 0 saturated heterocycles. The van der Waals surface area contributed by atoms with E-state index in [4.69, 9.17) is 10.5 Å². The van der Waals surface area contributed by atoms with Gasteiger partial charge >= 0.3 is 0 Å². The topological polar surface area (TPSA) is 38.5 Å².